The highest BCUT2D eigenvalue weighted by Crippen LogP contribution is 2.32. The van der Waals surface area contributed by atoms with Crippen LogP contribution >= 0.6 is 23.1 Å². The molecule has 28 heavy (non-hydrogen) atoms. The number of nitrogens with one attached hydrogen (secondary N) is 2. The quantitative estimate of drug-likeness (QED) is 0.570. The molecule has 1 aliphatic heterocycles. The van der Waals surface area contributed by atoms with E-state index in [-0.39, 0.29) is 18.5 Å². The highest BCUT2D eigenvalue weighted by Gasteiger charge is 2.14. The molecule has 2 heterocycles. The predicted molar refractivity (Wildman–Crippen MR) is 110 cm³/mol. The minimum Gasteiger partial charge on any atom is -0.454 e. The summed E-state index contributed by atoms with van der Waals surface area (Å²) in [5.74, 6) is 1.66. The van der Waals surface area contributed by atoms with Crippen molar-refractivity contribution in [3.8, 4) is 11.5 Å². The van der Waals surface area contributed by atoms with Crippen LogP contribution in [-0.4, -0.2) is 28.7 Å². The van der Waals surface area contributed by atoms with Gasteiger partial charge >= 0.3 is 0 Å². The second kappa shape index (κ2) is 8.49. The number of anilines is 2. The summed E-state index contributed by atoms with van der Waals surface area (Å²) in [7, 11) is 0. The molecular formula is C19H18N4O3S2. The molecule has 0 saturated carbocycles. The van der Waals surface area contributed by atoms with E-state index in [1.807, 2.05) is 49.4 Å². The standard InChI is InChI=1S/C19H18N4O3S2/c1-12-2-5-14(6-3-12)21-18-22-23-19(28-18)27-10-17(24)20-9-13-4-7-15-16(8-13)26-11-25-15/h2-8H,9-11H2,1H3,(H,20,24)(H,21,22). The number of aryl methyl sites for hydroxylation is 1. The molecule has 1 aliphatic rings. The lowest BCUT2D eigenvalue weighted by atomic mass is 10.2. The Morgan fingerprint density at radius 2 is 1.96 bits per heavy atom. The molecule has 4 rings (SSSR count). The van der Waals surface area contributed by atoms with Gasteiger partial charge in [0.2, 0.25) is 17.8 Å². The Morgan fingerprint density at radius 3 is 2.82 bits per heavy atom. The Morgan fingerprint density at radius 1 is 1.14 bits per heavy atom. The van der Waals surface area contributed by atoms with Crippen molar-refractivity contribution in [2.75, 3.05) is 17.9 Å². The number of thioether (sulfide) groups is 1. The molecular weight excluding hydrogens is 396 g/mol. The number of ether oxygens (including phenoxy) is 2. The second-order valence-corrected chi connectivity index (χ2v) is 8.32. The molecule has 9 heteroatoms. The van der Waals surface area contributed by atoms with Gasteiger partial charge in [0.1, 0.15) is 0 Å². The van der Waals surface area contributed by atoms with Crippen LogP contribution in [0.1, 0.15) is 11.1 Å². The first-order valence-electron chi connectivity index (χ1n) is 8.61. The van der Waals surface area contributed by atoms with Gasteiger partial charge in [-0.3, -0.25) is 4.79 Å². The zero-order chi connectivity index (χ0) is 19.3. The van der Waals surface area contributed by atoms with Gasteiger partial charge in [0.05, 0.1) is 5.75 Å². The predicted octanol–water partition coefficient (Wildman–Crippen LogP) is 3.73. The monoisotopic (exact) mass is 414 g/mol. The number of aromatic nitrogens is 2. The highest BCUT2D eigenvalue weighted by molar-refractivity contribution is 8.01. The van der Waals surface area contributed by atoms with E-state index in [4.69, 9.17) is 9.47 Å². The number of nitrogens with zero attached hydrogens (tertiary/aromatic N) is 2. The third-order valence-electron chi connectivity index (χ3n) is 3.96. The Labute approximate surface area is 170 Å². The van der Waals surface area contributed by atoms with Gasteiger partial charge in [-0.05, 0) is 36.8 Å². The Balaban J connectivity index is 1.23. The third-order valence-corrected chi connectivity index (χ3v) is 5.93. The van der Waals surface area contributed by atoms with Gasteiger partial charge in [-0.25, -0.2) is 0 Å². The number of amides is 1. The van der Waals surface area contributed by atoms with Gasteiger partial charge in [0, 0.05) is 12.2 Å². The van der Waals surface area contributed by atoms with E-state index in [2.05, 4.69) is 20.8 Å². The van der Waals surface area contributed by atoms with Gasteiger partial charge in [0.25, 0.3) is 0 Å². The minimum absolute atomic E-state index is 0.0640. The summed E-state index contributed by atoms with van der Waals surface area (Å²) in [6, 6.07) is 13.7. The molecule has 0 fully saturated rings. The topological polar surface area (TPSA) is 85.4 Å². The van der Waals surface area contributed by atoms with Crippen LogP contribution in [0, 0.1) is 6.92 Å². The molecule has 3 aromatic rings. The first-order valence-corrected chi connectivity index (χ1v) is 10.4. The average molecular weight is 415 g/mol. The van der Waals surface area contributed by atoms with E-state index in [0.717, 1.165) is 21.3 Å². The van der Waals surface area contributed by atoms with Crippen molar-refractivity contribution in [1.29, 1.82) is 0 Å². The maximum absolute atomic E-state index is 12.1. The number of fused-ring (bicyclic) bond motifs is 1. The zero-order valence-corrected chi connectivity index (χ0v) is 16.7. The van der Waals surface area contributed by atoms with Crippen molar-refractivity contribution in [2.45, 2.75) is 17.8 Å². The maximum Gasteiger partial charge on any atom is 0.231 e. The summed E-state index contributed by atoms with van der Waals surface area (Å²) in [5, 5.41) is 15.0. The van der Waals surface area contributed by atoms with Crippen molar-refractivity contribution in [1.82, 2.24) is 15.5 Å². The van der Waals surface area contributed by atoms with Gasteiger partial charge in [-0.15, -0.1) is 10.2 Å². The minimum atomic E-state index is -0.0640. The summed E-state index contributed by atoms with van der Waals surface area (Å²) in [6.45, 7) is 2.72. The molecule has 0 spiro atoms. The smallest absolute Gasteiger partial charge is 0.231 e. The van der Waals surface area contributed by atoms with E-state index >= 15 is 0 Å². The van der Waals surface area contributed by atoms with Crippen LogP contribution < -0.4 is 20.1 Å². The van der Waals surface area contributed by atoms with Crippen molar-refractivity contribution in [3.05, 3.63) is 53.6 Å². The summed E-state index contributed by atoms with van der Waals surface area (Å²) in [4.78, 5) is 12.1. The molecule has 2 N–H and O–H groups in total. The number of rotatable bonds is 7. The van der Waals surface area contributed by atoms with E-state index in [9.17, 15) is 4.79 Å². The highest BCUT2D eigenvalue weighted by atomic mass is 32.2. The molecule has 2 aromatic carbocycles. The molecule has 0 unspecified atom stereocenters. The molecule has 1 aromatic heterocycles. The number of hydrogen-bond donors (Lipinski definition) is 2. The molecule has 0 radical (unpaired) electrons. The molecule has 144 valence electrons. The first kappa shape index (κ1) is 18.6. The first-order chi connectivity index (χ1) is 13.7. The number of carbonyl (C=O) groups is 1. The number of carbonyl (C=O) groups excluding carboxylic acids is 1. The maximum atomic E-state index is 12.1. The third kappa shape index (κ3) is 4.73. The zero-order valence-electron chi connectivity index (χ0n) is 15.1. The van der Waals surface area contributed by atoms with Crippen molar-refractivity contribution >= 4 is 39.8 Å². The van der Waals surface area contributed by atoms with Gasteiger partial charge in [0.15, 0.2) is 15.8 Å². The van der Waals surface area contributed by atoms with Crippen LogP contribution in [0.3, 0.4) is 0 Å². The van der Waals surface area contributed by atoms with Crippen LogP contribution in [0.5, 0.6) is 11.5 Å². The molecule has 0 saturated heterocycles. The number of benzene rings is 2. The van der Waals surface area contributed by atoms with Gasteiger partial charge in [-0.2, -0.15) is 0 Å². The van der Waals surface area contributed by atoms with Crippen molar-refractivity contribution in [2.24, 2.45) is 0 Å². The second-order valence-electron chi connectivity index (χ2n) is 6.12. The summed E-state index contributed by atoms with van der Waals surface area (Å²) >= 11 is 2.79. The fraction of sp³-hybridized carbons (Fsp3) is 0.211. The normalized spacial score (nSPS) is 12.0. The van der Waals surface area contributed by atoms with Crippen LogP contribution in [0.4, 0.5) is 10.8 Å². The lowest BCUT2D eigenvalue weighted by Gasteiger charge is -2.05. The van der Waals surface area contributed by atoms with Crippen LogP contribution in [0.25, 0.3) is 0 Å². The summed E-state index contributed by atoms with van der Waals surface area (Å²) in [6.07, 6.45) is 0. The Bertz CT molecular complexity index is 976. The van der Waals surface area contributed by atoms with E-state index in [1.54, 1.807) is 0 Å². The molecule has 1 amide bonds. The fourth-order valence-electron chi connectivity index (χ4n) is 2.51. The molecule has 7 nitrogen and oxygen atoms in total. The SMILES string of the molecule is Cc1ccc(Nc2nnc(SCC(=O)NCc3ccc4c(c3)OCO4)s2)cc1. The van der Waals surface area contributed by atoms with Gasteiger partial charge < -0.3 is 20.1 Å². The molecule has 0 bridgehead atoms. The van der Waals surface area contributed by atoms with Crippen LogP contribution in [0.2, 0.25) is 0 Å². The lowest BCUT2D eigenvalue weighted by Crippen LogP contribution is -2.24. The summed E-state index contributed by atoms with van der Waals surface area (Å²) in [5.41, 5.74) is 3.12. The van der Waals surface area contributed by atoms with Crippen molar-refractivity contribution in [3.63, 3.8) is 0 Å². The van der Waals surface area contributed by atoms with Crippen molar-refractivity contribution < 1.29 is 14.3 Å². The number of hydrogen-bond acceptors (Lipinski definition) is 8. The van der Waals surface area contributed by atoms with Crippen LogP contribution in [0.15, 0.2) is 46.8 Å². The van der Waals surface area contributed by atoms with E-state index in [0.29, 0.717) is 17.4 Å². The van der Waals surface area contributed by atoms with Crippen LogP contribution in [-0.2, 0) is 11.3 Å². The lowest BCUT2D eigenvalue weighted by molar-refractivity contribution is -0.118. The molecule has 0 atom stereocenters. The van der Waals surface area contributed by atoms with E-state index < -0.39 is 0 Å². The average Bonchev–Trinajstić information content (AvgIpc) is 3.35. The van der Waals surface area contributed by atoms with Gasteiger partial charge in [-0.1, -0.05) is 46.9 Å². The molecule has 0 aliphatic carbocycles. The van der Waals surface area contributed by atoms with E-state index in [1.165, 1.54) is 28.7 Å². The fourth-order valence-corrected chi connectivity index (χ4v) is 4.11. The summed E-state index contributed by atoms with van der Waals surface area (Å²) < 4.78 is 11.4. The Kier molecular flexibility index (Phi) is 5.63. The largest absolute Gasteiger partial charge is 0.454 e. The Hall–Kier alpha value is -2.78.